The minimum Gasteiger partial charge on any atom is -0.371 e. The number of nitrogens with one attached hydrogen (secondary N) is 1. The van der Waals surface area contributed by atoms with Crippen molar-refractivity contribution in [1.29, 1.82) is 0 Å². The fraction of sp³-hybridized carbons (Fsp3) is 0.974. The van der Waals surface area contributed by atoms with Crippen molar-refractivity contribution >= 4 is 37.0 Å². The van der Waals surface area contributed by atoms with Gasteiger partial charge in [-0.15, -0.1) is 12.6 Å². The van der Waals surface area contributed by atoms with Crippen LogP contribution in [0.4, 0.5) is 0 Å². The van der Waals surface area contributed by atoms with Crippen molar-refractivity contribution in [2.45, 2.75) is 231 Å². The summed E-state index contributed by atoms with van der Waals surface area (Å²) in [6, 6.07) is 0. The molecule has 0 aromatic carbocycles. The summed E-state index contributed by atoms with van der Waals surface area (Å²) in [5.74, 6) is 0. The molecule has 47 heavy (non-hydrogen) atoms. The largest absolute Gasteiger partial charge is 0.469 e. The number of thiol groups is 1. The van der Waals surface area contributed by atoms with Gasteiger partial charge in [-0.25, -0.2) is 4.57 Å². The highest BCUT2D eigenvalue weighted by Gasteiger charge is 2.12. The molecule has 0 aliphatic rings. The standard InChI is InChI=1S/C39H80NO4PS2/c41-45(42,43)44-38-36-34-32-30-28-26-24-22-20-18-16-14-12-10-8-6-4-2-1-3-5-7-9-11-13-15-17-19-21-23-25-27-29-31-33-35-37-40-39(46)47/h1-38H2,(H2,40,46,47)(H2,41,42,43). The van der Waals surface area contributed by atoms with Crippen LogP contribution < -0.4 is 5.32 Å². The fourth-order valence-electron chi connectivity index (χ4n) is 6.62. The molecule has 0 heterocycles. The average Bonchev–Trinajstić information content (AvgIpc) is 3.03. The van der Waals surface area contributed by atoms with Crippen molar-refractivity contribution in [2.75, 3.05) is 13.2 Å². The zero-order valence-electron chi connectivity index (χ0n) is 30.9. The third-order valence-electron chi connectivity index (χ3n) is 9.61. The normalized spacial score (nSPS) is 11.8. The second-order valence-corrected chi connectivity index (χ2v) is 16.7. The molecule has 0 spiro atoms. The van der Waals surface area contributed by atoms with Crippen molar-refractivity contribution in [3.05, 3.63) is 0 Å². The molecule has 0 aliphatic carbocycles. The van der Waals surface area contributed by atoms with Gasteiger partial charge in [-0.3, -0.25) is 4.52 Å². The molecule has 0 atom stereocenters. The first-order valence-corrected chi connectivity index (χ1v) is 23.0. The van der Waals surface area contributed by atoms with E-state index in [2.05, 4.69) is 22.5 Å². The van der Waals surface area contributed by atoms with E-state index in [4.69, 9.17) is 22.0 Å². The van der Waals surface area contributed by atoms with Crippen LogP contribution in [0.3, 0.4) is 0 Å². The van der Waals surface area contributed by atoms with Gasteiger partial charge >= 0.3 is 7.82 Å². The molecule has 0 fully saturated rings. The molecule has 0 amide bonds. The lowest BCUT2D eigenvalue weighted by Gasteiger charge is -2.05. The van der Waals surface area contributed by atoms with Gasteiger partial charge in [0.05, 0.1) is 6.61 Å². The molecule has 282 valence electrons. The summed E-state index contributed by atoms with van der Waals surface area (Å²) in [5.41, 5.74) is 0. The Labute approximate surface area is 304 Å². The molecular weight excluding hydrogens is 642 g/mol. The molecule has 0 unspecified atom stereocenters. The molecule has 0 aromatic rings. The highest BCUT2D eigenvalue weighted by Crippen LogP contribution is 2.35. The number of hydrogen-bond acceptors (Lipinski definition) is 3. The van der Waals surface area contributed by atoms with Crippen LogP contribution in [0.1, 0.15) is 231 Å². The molecule has 0 radical (unpaired) electrons. The molecule has 3 N–H and O–H groups in total. The quantitative estimate of drug-likeness (QED) is 0.0218. The van der Waals surface area contributed by atoms with Crippen LogP contribution in [-0.4, -0.2) is 27.3 Å². The maximum atomic E-state index is 10.6. The maximum Gasteiger partial charge on any atom is 0.469 e. The van der Waals surface area contributed by atoms with E-state index in [1.165, 1.54) is 212 Å². The number of rotatable bonds is 40. The summed E-state index contributed by atoms with van der Waals surface area (Å²) in [6.45, 7) is 1.15. The van der Waals surface area contributed by atoms with E-state index in [1.54, 1.807) is 0 Å². The summed E-state index contributed by atoms with van der Waals surface area (Å²) >= 11 is 8.99. The van der Waals surface area contributed by atoms with E-state index in [-0.39, 0.29) is 6.61 Å². The Balaban J connectivity index is 3.06. The van der Waals surface area contributed by atoms with Crippen LogP contribution in [0.25, 0.3) is 0 Å². The molecule has 5 nitrogen and oxygen atoms in total. The third kappa shape index (κ3) is 46.3. The van der Waals surface area contributed by atoms with E-state index >= 15 is 0 Å². The van der Waals surface area contributed by atoms with Gasteiger partial charge in [0.2, 0.25) is 0 Å². The van der Waals surface area contributed by atoms with Gasteiger partial charge in [0.25, 0.3) is 0 Å². The molecule has 0 saturated heterocycles. The Morgan fingerprint density at radius 1 is 0.426 bits per heavy atom. The molecule has 0 aromatic heterocycles. The number of unbranched alkanes of at least 4 members (excludes halogenated alkanes) is 35. The Bertz CT molecular complexity index is 679. The van der Waals surface area contributed by atoms with Crippen molar-refractivity contribution < 1.29 is 18.9 Å². The molecular formula is C39H80NO4PS2. The molecule has 0 saturated carbocycles. The highest BCUT2D eigenvalue weighted by molar-refractivity contribution is 8.11. The lowest BCUT2D eigenvalue weighted by molar-refractivity contribution is 0.193. The lowest BCUT2D eigenvalue weighted by atomic mass is 10.0. The van der Waals surface area contributed by atoms with Gasteiger partial charge < -0.3 is 15.1 Å². The fourth-order valence-corrected chi connectivity index (χ4v) is 7.20. The smallest absolute Gasteiger partial charge is 0.371 e. The molecule has 0 rings (SSSR count). The molecule has 0 aliphatic heterocycles. The van der Waals surface area contributed by atoms with Crippen LogP contribution in [0, 0.1) is 0 Å². The summed E-state index contributed by atoms with van der Waals surface area (Å²) in [4.78, 5) is 17.3. The van der Waals surface area contributed by atoms with Crippen molar-refractivity contribution in [1.82, 2.24) is 5.32 Å². The summed E-state index contributed by atoms with van der Waals surface area (Å²) < 4.78 is 15.7. The number of thiocarbonyl (C=S) groups is 1. The van der Waals surface area contributed by atoms with E-state index in [0.29, 0.717) is 4.32 Å². The first kappa shape index (κ1) is 47.4. The Kier molecular flexibility index (Phi) is 39.4. The van der Waals surface area contributed by atoms with Gasteiger partial charge in [-0.05, 0) is 12.8 Å². The van der Waals surface area contributed by atoms with Crippen LogP contribution in [0.5, 0.6) is 0 Å². The van der Waals surface area contributed by atoms with Crippen molar-refractivity contribution in [3.63, 3.8) is 0 Å². The predicted molar refractivity (Wildman–Crippen MR) is 214 cm³/mol. The summed E-state index contributed by atoms with van der Waals surface area (Å²) in [5, 5.41) is 3.11. The predicted octanol–water partition coefficient (Wildman–Crippen LogP) is 13.9. The SMILES string of the molecule is O=P(O)(O)OCCCCCCCCCCCCCCCCCCCCCCCCCCCCCCCCCCCCCCNC(=S)S. The Morgan fingerprint density at radius 2 is 0.617 bits per heavy atom. The topological polar surface area (TPSA) is 78.8 Å². The lowest BCUT2D eigenvalue weighted by Crippen LogP contribution is -2.17. The van der Waals surface area contributed by atoms with Crippen LogP contribution >= 0.6 is 32.7 Å². The molecule has 0 bridgehead atoms. The van der Waals surface area contributed by atoms with Gasteiger partial charge in [0, 0.05) is 6.54 Å². The molecule has 8 heteroatoms. The third-order valence-corrected chi connectivity index (χ3v) is 10.4. The van der Waals surface area contributed by atoms with Crippen LogP contribution in [0.2, 0.25) is 0 Å². The van der Waals surface area contributed by atoms with Gasteiger partial charge in [-0.1, -0.05) is 231 Å². The highest BCUT2D eigenvalue weighted by atomic mass is 32.1. The zero-order valence-corrected chi connectivity index (χ0v) is 33.5. The van der Waals surface area contributed by atoms with E-state index in [9.17, 15) is 4.57 Å². The van der Waals surface area contributed by atoms with Gasteiger partial charge in [0.1, 0.15) is 4.32 Å². The van der Waals surface area contributed by atoms with Crippen LogP contribution in [-0.2, 0) is 9.09 Å². The van der Waals surface area contributed by atoms with E-state index < -0.39 is 7.82 Å². The van der Waals surface area contributed by atoms with E-state index in [1.807, 2.05) is 0 Å². The van der Waals surface area contributed by atoms with Crippen LogP contribution in [0.15, 0.2) is 0 Å². The summed E-state index contributed by atoms with van der Waals surface area (Å²) in [7, 11) is -4.28. The monoisotopic (exact) mass is 722 g/mol. The summed E-state index contributed by atoms with van der Waals surface area (Å²) in [6.07, 6.45) is 49.4. The number of hydrogen-bond donors (Lipinski definition) is 4. The average molecular weight is 722 g/mol. The van der Waals surface area contributed by atoms with Gasteiger partial charge in [-0.2, -0.15) is 0 Å². The van der Waals surface area contributed by atoms with Crippen molar-refractivity contribution in [2.24, 2.45) is 0 Å². The zero-order chi connectivity index (χ0) is 34.4. The minimum atomic E-state index is -4.28. The number of phosphoric ester groups is 1. The second-order valence-electron chi connectivity index (χ2n) is 14.3. The first-order chi connectivity index (χ1) is 22.9. The van der Waals surface area contributed by atoms with E-state index in [0.717, 1.165) is 25.8 Å². The maximum absolute atomic E-state index is 10.6. The Hall–Kier alpha value is 0.350. The van der Waals surface area contributed by atoms with Crippen molar-refractivity contribution in [3.8, 4) is 0 Å². The van der Waals surface area contributed by atoms with Gasteiger partial charge in [0.15, 0.2) is 0 Å². The Morgan fingerprint density at radius 3 is 0.809 bits per heavy atom. The minimum absolute atomic E-state index is 0.168. The first-order valence-electron chi connectivity index (χ1n) is 20.6. The number of phosphoric acid groups is 1. The second kappa shape index (κ2) is 39.1.